The van der Waals surface area contributed by atoms with Crippen molar-refractivity contribution in [2.24, 2.45) is 5.10 Å². The van der Waals surface area contributed by atoms with Crippen molar-refractivity contribution in [1.82, 2.24) is 5.43 Å². The summed E-state index contributed by atoms with van der Waals surface area (Å²) in [6.45, 7) is 13.4. The lowest BCUT2D eigenvalue weighted by molar-refractivity contribution is 0.0952. The highest BCUT2D eigenvalue weighted by Gasteiger charge is 2.37. The summed E-state index contributed by atoms with van der Waals surface area (Å²) < 4.78 is 1.12. The first-order chi connectivity index (χ1) is 14.4. The number of amides is 1. The van der Waals surface area contributed by atoms with Gasteiger partial charge in [-0.3, -0.25) is 4.79 Å². The van der Waals surface area contributed by atoms with E-state index >= 15 is 0 Å². The van der Waals surface area contributed by atoms with Crippen molar-refractivity contribution < 1.29 is 9.90 Å². The number of aryl methyl sites for hydroxylation is 1. The maximum absolute atomic E-state index is 12.5. The van der Waals surface area contributed by atoms with E-state index in [0.717, 1.165) is 17.5 Å². The minimum atomic E-state index is -0.479. The van der Waals surface area contributed by atoms with Crippen LogP contribution in [0.3, 0.4) is 0 Å². The van der Waals surface area contributed by atoms with E-state index in [2.05, 4.69) is 101 Å². The molecule has 1 aliphatic heterocycles. The van der Waals surface area contributed by atoms with Crippen LogP contribution in [0.15, 0.2) is 38.3 Å². The van der Waals surface area contributed by atoms with Gasteiger partial charge in [-0.25, -0.2) is 5.43 Å². The van der Waals surface area contributed by atoms with Crippen molar-refractivity contribution in [3.63, 3.8) is 0 Å². The largest absolute Gasteiger partial charge is 0.506 e. The quantitative estimate of drug-likeness (QED) is 0.338. The summed E-state index contributed by atoms with van der Waals surface area (Å²) in [7, 11) is 0. The number of anilines is 1. The Labute approximate surface area is 201 Å². The smallest absolute Gasteiger partial charge is 0.275 e. The van der Waals surface area contributed by atoms with Gasteiger partial charge in [-0.1, -0.05) is 22.9 Å². The topological polar surface area (TPSA) is 64.9 Å². The second-order valence-corrected chi connectivity index (χ2v) is 10.9. The number of halogens is 2. The lowest BCUT2D eigenvalue weighted by atomic mass is 9.78. The van der Waals surface area contributed by atoms with E-state index < -0.39 is 5.91 Å². The molecule has 0 aliphatic carbocycles. The molecule has 0 radical (unpaired) electrons. The zero-order valence-corrected chi connectivity index (χ0v) is 21.9. The molecular formula is C24H29Br2N3O2. The normalized spacial score (nSPS) is 17.8. The van der Waals surface area contributed by atoms with Crippen molar-refractivity contribution in [2.45, 2.75) is 65.5 Å². The summed E-state index contributed by atoms with van der Waals surface area (Å²) >= 11 is 6.57. The number of aromatic hydroxyl groups is 1. The monoisotopic (exact) mass is 549 g/mol. The fraction of sp³-hybridized carbons (Fsp3) is 0.417. The average Bonchev–Trinajstić information content (AvgIpc) is 2.64. The van der Waals surface area contributed by atoms with E-state index in [4.69, 9.17) is 0 Å². The highest BCUT2D eigenvalue weighted by Crippen LogP contribution is 2.45. The molecule has 2 aromatic carbocycles. The number of benzene rings is 2. The third kappa shape index (κ3) is 4.82. The van der Waals surface area contributed by atoms with Crippen LogP contribution in [0.1, 0.15) is 74.0 Å². The first-order valence-corrected chi connectivity index (χ1v) is 12.0. The Morgan fingerprint density at radius 3 is 2.61 bits per heavy atom. The maximum Gasteiger partial charge on any atom is 0.275 e. The number of phenols is 1. The summed E-state index contributed by atoms with van der Waals surface area (Å²) in [5, 5.41) is 14.3. The Bertz CT molecular complexity index is 1050. The number of hydrogen-bond donors (Lipinski definition) is 2. The standard InChI is InChI=1S/C24H29Br2N3O2/c1-13(2)29-21-7-14(3)16(8-18(21)15(4)11-24(29,5)6)12-27-28-23(31)19-9-17(25)10-20(26)22(19)30/h7-10,12-13,15,30H,11H2,1-6H3,(H,28,31)/b27-12-/t15-/m1/s1. The first-order valence-electron chi connectivity index (χ1n) is 10.4. The molecule has 1 amide bonds. The van der Waals surface area contributed by atoms with Crippen molar-refractivity contribution in [3.8, 4) is 5.75 Å². The molecule has 0 fully saturated rings. The van der Waals surface area contributed by atoms with E-state index in [0.29, 0.717) is 20.9 Å². The highest BCUT2D eigenvalue weighted by atomic mass is 79.9. The van der Waals surface area contributed by atoms with Crippen molar-refractivity contribution in [3.05, 3.63) is 55.5 Å². The van der Waals surface area contributed by atoms with Crippen LogP contribution in [-0.4, -0.2) is 28.8 Å². The maximum atomic E-state index is 12.5. The molecule has 0 bridgehead atoms. The number of phenolic OH excluding ortho intramolecular Hbond substituents is 1. The predicted octanol–water partition coefficient (Wildman–Crippen LogP) is 6.49. The molecule has 1 aliphatic rings. The second-order valence-electron chi connectivity index (χ2n) is 9.13. The third-order valence-electron chi connectivity index (χ3n) is 5.82. The Morgan fingerprint density at radius 1 is 1.29 bits per heavy atom. The van der Waals surface area contributed by atoms with Gasteiger partial charge in [0.1, 0.15) is 5.75 Å². The Kier molecular flexibility index (Phi) is 6.87. The highest BCUT2D eigenvalue weighted by molar-refractivity contribution is 9.11. The molecule has 0 unspecified atom stereocenters. The Hall–Kier alpha value is -1.86. The molecular weight excluding hydrogens is 522 g/mol. The molecule has 5 nitrogen and oxygen atoms in total. The molecule has 3 rings (SSSR count). The van der Waals surface area contributed by atoms with Gasteiger partial charge in [0, 0.05) is 21.7 Å². The van der Waals surface area contributed by atoms with Crippen LogP contribution in [0.25, 0.3) is 0 Å². The van der Waals surface area contributed by atoms with Gasteiger partial charge in [0.15, 0.2) is 0 Å². The van der Waals surface area contributed by atoms with E-state index in [1.807, 2.05) is 0 Å². The molecule has 0 aromatic heterocycles. The van der Waals surface area contributed by atoms with Gasteiger partial charge >= 0.3 is 0 Å². The van der Waals surface area contributed by atoms with Crippen LogP contribution in [0.4, 0.5) is 5.69 Å². The number of carbonyl (C=O) groups excluding carboxylic acids is 1. The predicted molar refractivity (Wildman–Crippen MR) is 134 cm³/mol. The summed E-state index contributed by atoms with van der Waals surface area (Å²) in [4.78, 5) is 15.0. The van der Waals surface area contributed by atoms with Crippen molar-refractivity contribution in [2.75, 3.05) is 4.90 Å². The molecule has 166 valence electrons. The number of rotatable bonds is 4. The van der Waals surface area contributed by atoms with Crippen LogP contribution in [-0.2, 0) is 0 Å². The van der Waals surface area contributed by atoms with Gasteiger partial charge in [-0.05, 0) is 104 Å². The molecule has 0 saturated carbocycles. The number of hydrazone groups is 1. The zero-order chi connectivity index (χ0) is 23.1. The minimum Gasteiger partial charge on any atom is -0.506 e. The molecule has 1 heterocycles. The molecule has 7 heteroatoms. The van der Waals surface area contributed by atoms with Crippen LogP contribution >= 0.6 is 31.9 Å². The number of carbonyl (C=O) groups is 1. The van der Waals surface area contributed by atoms with Gasteiger partial charge in [0.05, 0.1) is 16.3 Å². The van der Waals surface area contributed by atoms with Gasteiger partial charge in [-0.15, -0.1) is 0 Å². The summed E-state index contributed by atoms with van der Waals surface area (Å²) in [6, 6.07) is 8.04. The van der Waals surface area contributed by atoms with Crippen molar-refractivity contribution >= 4 is 49.7 Å². The first kappa shape index (κ1) is 23.8. The third-order valence-corrected chi connectivity index (χ3v) is 6.88. The second kappa shape index (κ2) is 8.94. The molecule has 1 atom stereocenters. The van der Waals surface area contributed by atoms with Crippen LogP contribution < -0.4 is 10.3 Å². The van der Waals surface area contributed by atoms with Gasteiger partial charge in [-0.2, -0.15) is 5.10 Å². The molecule has 31 heavy (non-hydrogen) atoms. The Balaban J connectivity index is 1.88. The van der Waals surface area contributed by atoms with E-state index in [9.17, 15) is 9.90 Å². The summed E-state index contributed by atoms with van der Waals surface area (Å²) in [6.07, 6.45) is 2.75. The number of fused-ring (bicyclic) bond motifs is 1. The molecule has 2 N–H and O–H groups in total. The van der Waals surface area contributed by atoms with Gasteiger partial charge in [0.2, 0.25) is 0 Å². The van der Waals surface area contributed by atoms with Gasteiger partial charge in [0.25, 0.3) is 5.91 Å². The van der Waals surface area contributed by atoms with Crippen LogP contribution in [0.5, 0.6) is 5.75 Å². The summed E-state index contributed by atoms with van der Waals surface area (Å²) in [5.41, 5.74) is 7.41. The van der Waals surface area contributed by atoms with Crippen LogP contribution in [0.2, 0.25) is 0 Å². The zero-order valence-electron chi connectivity index (χ0n) is 18.8. The number of hydrogen-bond acceptors (Lipinski definition) is 4. The fourth-order valence-corrected chi connectivity index (χ4v) is 5.92. The minimum absolute atomic E-state index is 0.0941. The van der Waals surface area contributed by atoms with E-state index in [1.165, 1.54) is 11.3 Å². The average molecular weight is 551 g/mol. The van der Waals surface area contributed by atoms with Crippen LogP contribution in [0, 0.1) is 6.92 Å². The van der Waals surface area contributed by atoms with Gasteiger partial charge < -0.3 is 10.0 Å². The SMILES string of the molecule is Cc1cc2c(cc1/C=N\NC(=O)c1cc(Br)cc(Br)c1O)[C@H](C)CC(C)(C)N2C(C)C. The number of nitrogens with one attached hydrogen (secondary N) is 1. The lowest BCUT2D eigenvalue weighted by Gasteiger charge is -2.50. The fourth-order valence-electron chi connectivity index (χ4n) is 4.69. The lowest BCUT2D eigenvalue weighted by Crippen LogP contribution is -2.51. The molecule has 0 saturated heterocycles. The van der Waals surface area contributed by atoms with E-state index in [-0.39, 0.29) is 16.9 Å². The van der Waals surface area contributed by atoms with E-state index in [1.54, 1.807) is 18.3 Å². The number of nitrogens with zero attached hydrogens (tertiary/aromatic N) is 2. The Morgan fingerprint density at radius 2 is 1.97 bits per heavy atom. The summed E-state index contributed by atoms with van der Waals surface area (Å²) in [5.74, 6) is -0.170. The van der Waals surface area contributed by atoms with Crippen molar-refractivity contribution in [1.29, 1.82) is 0 Å². The molecule has 0 spiro atoms. The molecule has 2 aromatic rings.